The molecule has 0 bridgehead atoms. The first-order chi connectivity index (χ1) is 8.43. The molecule has 2 aromatic heterocycles. The molecule has 0 saturated heterocycles. The summed E-state index contributed by atoms with van der Waals surface area (Å²) in [5.74, 6) is 0.277. The highest BCUT2D eigenvalue weighted by molar-refractivity contribution is 9.10. The van der Waals surface area contributed by atoms with E-state index in [1.807, 2.05) is 0 Å². The fourth-order valence-electron chi connectivity index (χ4n) is 1.09. The second kappa shape index (κ2) is 6.10. The van der Waals surface area contributed by atoms with Gasteiger partial charge in [0.2, 0.25) is 0 Å². The molecule has 0 atom stereocenters. The zero-order valence-corrected chi connectivity index (χ0v) is 11.4. The van der Waals surface area contributed by atoms with Gasteiger partial charge in [0.15, 0.2) is 11.6 Å². The average molecular weight is 314 g/mol. The lowest BCUT2D eigenvalue weighted by Gasteiger charge is -1.86. The Kier molecular flexibility index (Phi) is 4.78. The molecule has 2 rings (SSSR count). The summed E-state index contributed by atoms with van der Waals surface area (Å²) in [5, 5.41) is 12.3. The number of nitrogens with zero attached hydrogens (tertiary/aromatic N) is 2. The number of H-pyrrole nitrogens is 2. The highest BCUT2D eigenvalue weighted by atomic mass is 79.9. The van der Waals surface area contributed by atoms with Crippen LogP contribution in [-0.4, -0.2) is 32.0 Å². The summed E-state index contributed by atoms with van der Waals surface area (Å²) in [7, 11) is 0. The van der Waals surface area contributed by atoms with Gasteiger partial charge < -0.3 is 5.73 Å². The molecular weight excluding hydrogens is 302 g/mol. The Labute approximate surface area is 111 Å². The third-order valence-corrected chi connectivity index (χ3v) is 2.62. The maximum absolute atomic E-state index is 10.6. The van der Waals surface area contributed by atoms with E-state index in [-0.39, 0.29) is 11.6 Å². The Morgan fingerprint density at radius 3 is 1.83 bits per heavy atom. The number of nitrogens with one attached hydrogen (secondary N) is 2. The minimum Gasteiger partial charge on any atom is -0.383 e. The summed E-state index contributed by atoms with van der Waals surface area (Å²) in [6, 6.07) is 0. The fourth-order valence-corrected chi connectivity index (χ4v) is 1.58. The second-order valence-corrected chi connectivity index (χ2v) is 4.20. The molecular formula is C10H12BrN5O2. The molecule has 4 N–H and O–H groups in total. The number of Topliss-reactive ketones (excluding diaryl/α,β-unsaturated/α-hetero) is 2. The average Bonchev–Trinajstić information content (AvgIpc) is 2.87. The van der Waals surface area contributed by atoms with Gasteiger partial charge in [-0.1, -0.05) is 0 Å². The molecule has 2 aromatic rings. The molecule has 0 spiro atoms. The molecule has 18 heavy (non-hydrogen) atoms. The zero-order chi connectivity index (χ0) is 13.7. The monoisotopic (exact) mass is 313 g/mol. The minimum absolute atomic E-state index is 0.00984. The zero-order valence-electron chi connectivity index (χ0n) is 9.82. The number of hydrogen-bond donors (Lipinski definition) is 3. The van der Waals surface area contributed by atoms with Crippen LogP contribution in [0.4, 0.5) is 5.82 Å². The second-order valence-electron chi connectivity index (χ2n) is 3.41. The summed E-state index contributed by atoms with van der Waals surface area (Å²) in [4.78, 5) is 21.2. The van der Waals surface area contributed by atoms with Gasteiger partial charge in [0, 0.05) is 0 Å². The van der Waals surface area contributed by atoms with E-state index < -0.39 is 0 Å². The predicted molar refractivity (Wildman–Crippen MR) is 69.3 cm³/mol. The van der Waals surface area contributed by atoms with Crippen molar-refractivity contribution in [2.75, 3.05) is 5.73 Å². The normalized spacial score (nSPS) is 9.50. The molecule has 0 aliphatic carbocycles. The first-order valence-electron chi connectivity index (χ1n) is 4.93. The van der Waals surface area contributed by atoms with Gasteiger partial charge in [0.25, 0.3) is 0 Å². The molecule has 0 fully saturated rings. The van der Waals surface area contributed by atoms with E-state index in [9.17, 15) is 9.59 Å². The van der Waals surface area contributed by atoms with Gasteiger partial charge in [-0.15, -0.1) is 0 Å². The third-order valence-electron chi connectivity index (χ3n) is 2.02. The van der Waals surface area contributed by atoms with Crippen LogP contribution in [0.2, 0.25) is 0 Å². The molecule has 0 amide bonds. The van der Waals surface area contributed by atoms with E-state index >= 15 is 0 Å². The van der Waals surface area contributed by atoms with Crippen molar-refractivity contribution in [3.05, 3.63) is 28.1 Å². The van der Waals surface area contributed by atoms with Crippen LogP contribution in [-0.2, 0) is 0 Å². The number of ketones is 2. The summed E-state index contributed by atoms with van der Waals surface area (Å²) in [5.41, 5.74) is 6.35. The fraction of sp³-hybridized carbons (Fsp3) is 0.200. The quantitative estimate of drug-likeness (QED) is 0.727. The van der Waals surface area contributed by atoms with E-state index in [4.69, 9.17) is 5.73 Å². The number of nitrogens with two attached hydrogens (primary N) is 1. The van der Waals surface area contributed by atoms with Crippen LogP contribution in [0.3, 0.4) is 0 Å². The summed E-state index contributed by atoms with van der Waals surface area (Å²) in [6.45, 7) is 2.94. The van der Waals surface area contributed by atoms with Crippen LogP contribution in [0.15, 0.2) is 17.0 Å². The molecule has 96 valence electrons. The molecule has 0 unspecified atom stereocenters. The highest BCUT2D eigenvalue weighted by Crippen LogP contribution is 2.11. The lowest BCUT2D eigenvalue weighted by molar-refractivity contribution is 0.100. The Bertz CT molecular complexity index is 510. The maximum Gasteiger partial charge on any atom is 0.165 e. The third kappa shape index (κ3) is 3.52. The van der Waals surface area contributed by atoms with Crippen molar-refractivity contribution in [3.8, 4) is 0 Å². The molecule has 0 radical (unpaired) electrons. The van der Waals surface area contributed by atoms with E-state index in [0.29, 0.717) is 21.5 Å². The van der Waals surface area contributed by atoms with Gasteiger partial charge in [-0.3, -0.25) is 19.8 Å². The largest absolute Gasteiger partial charge is 0.383 e. The highest BCUT2D eigenvalue weighted by Gasteiger charge is 2.05. The molecule has 2 heterocycles. The van der Waals surface area contributed by atoms with Gasteiger partial charge in [0.05, 0.1) is 23.5 Å². The number of halogens is 1. The number of aromatic nitrogens is 4. The first-order valence-corrected chi connectivity index (χ1v) is 5.72. The van der Waals surface area contributed by atoms with Crippen molar-refractivity contribution < 1.29 is 9.59 Å². The predicted octanol–water partition coefficient (Wildman–Crippen LogP) is 1.57. The number of carbonyl (C=O) groups is 2. The molecule has 7 nitrogen and oxygen atoms in total. The van der Waals surface area contributed by atoms with E-state index in [0.717, 1.165) is 0 Å². The Morgan fingerprint density at radius 2 is 1.61 bits per heavy atom. The van der Waals surface area contributed by atoms with Crippen LogP contribution in [0, 0.1) is 0 Å². The number of anilines is 1. The van der Waals surface area contributed by atoms with Gasteiger partial charge in [-0.25, -0.2) is 0 Å². The number of aromatic amines is 2. The van der Waals surface area contributed by atoms with E-state index in [1.165, 1.54) is 26.2 Å². The molecule has 0 aliphatic rings. The van der Waals surface area contributed by atoms with Crippen molar-refractivity contribution in [1.29, 1.82) is 0 Å². The van der Waals surface area contributed by atoms with Crippen molar-refractivity contribution in [2.24, 2.45) is 0 Å². The topological polar surface area (TPSA) is 118 Å². The van der Waals surface area contributed by atoms with Crippen molar-refractivity contribution >= 4 is 33.3 Å². The molecule has 8 heteroatoms. The number of nitrogen functional groups attached to an aromatic ring is 1. The molecule has 0 aromatic carbocycles. The Morgan fingerprint density at radius 1 is 1.11 bits per heavy atom. The molecule has 0 saturated carbocycles. The van der Waals surface area contributed by atoms with Gasteiger partial charge in [-0.2, -0.15) is 10.2 Å². The summed E-state index contributed by atoms with van der Waals surface area (Å²) in [6.07, 6.45) is 2.91. The van der Waals surface area contributed by atoms with Crippen molar-refractivity contribution in [2.45, 2.75) is 13.8 Å². The van der Waals surface area contributed by atoms with Crippen LogP contribution in [0.1, 0.15) is 34.6 Å². The lowest BCUT2D eigenvalue weighted by atomic mass is 10.2. The SMILES string of the molecule is CC(=O)c1cn[nH]c1Br.CC(=O)c1cn[nH]c1N. The van der Waals surface area contributed by atoms with Crippen molar-refractivity contribution in [1.82, 2.24) is 20.4 Å². The lowest BCUT2D eigenvalue weighted by Crippen LogP contribution is -1.95. The molecule has 0 aliphatic heterocycles. The van der Waals surface area contributed by atoms with Gasteiger partial charge >= 0.3 is 0 Å². The maximum atomic E-state index is 10.6. The summed E-state index contributed by atoms with van der Waals surface area (Å²) < 4.78 is 0.648. The van der Waals surface area contributed by atoms with Gasteiger partial charge in [0.1, 0.15) is 10.4 Å². The van der Waals surface area contributed by atoms with Crippen molar-refractivity contribution in [3.63, 3.8) is 0 Å². The van der Waals surface area contributed by atoms with Crippen LogP contribution >= 0.6 is 15.9 Å². The minimum atomic E-state index is -0.0683. The summed E-state index contributed by atoms with van der Waals surface area (Å²) >= 11 is 3.13. The Balaban J connectivity index is 0.000000180. The number of hydrogen-bond acceptors (Lipinski definition) is 5. The van der Waals surface area contributed by atoms with Crippen LogP contribution in [0.5, 0.6) is 0 Å². The number of rotatable bonds is 2. The van der Waals surface area contributed by atoms with E-state index in [1.54, 1.807) is 0 Å². The Hall–Kier alpha value is -1.96. The smallest absolute Gasteiger partial charge is 0.165 e. The number of carbonyl (C=O) groups excluding carboxylic acids is 2. The first kappa shape index (κ1) is 14.1. The van der Waals surface area contributed by atoms with Crippen LogP contribution in [0.25, 0.3) is 0 Å². The standard InChI is InChI=1S/C5H5BrN2O.C5H7N3O/c2*1-3(9)4-2-7-8-5(4)6/h2H,1H3,(H,7,8);2H,1H3,(H3,6,7,8). The van der Waals surface area contributed by atoms with E-state index in [2.05, 4.69) is 36.3 Å². The van der Waals surface area contributed by atoms with Crippen LogP contribution < -0.4 is 5.73 Å². The van der Waals surface area contributed by atoms with Gasteiger partial charge in [-0.05, 0) is 29.8 Å².